The Bertz CT molecular complexity index is 1460. The van der Waals surface area contributed by atoms with Gasteiger partial charge in [-0.25, -0.2) is 0 Å². The van der Waals surface area contributed by atoms with Crippen molar-refractivity contribution in [1.29, 1.82) is 0 Å². The van der Waals surface area contributed by atoms with Gasteiger partial charge in [0.15, 0.2) is 15.9 Å². The summed E-state index contributed by atoms with van der Waals surface area (Å²) in [5.74, 6) is 2.17. The number of hydrogen-bond donors (Lipinski definition) is 0. The molecular weight excluding hydrogens is 476 g/mol. The highest BCUT2D eigenvalue weighted by molar-refractivity contribution is 8.01. The minimum atomic E-state index is -0.0363. The lowest BCUT2D eigenvalue weighted by Gasteiger charge is -2.05. The van der Waals surface area contributed by atoms with E-state index in [2.05, 4.69) is 15.3 Å². The molecule has 5 rings (SSSR count). The predicted octanol–water partition coefficient (Wildman–Crippen LogP) is 6.23. The maximum atomic E-state index is 12.4. The van der Waals surface area contributed by atoms with E-state index in [0.717, 1.165) is 37.8 Å². The SMILES string of the molecule is Cc1ccc(/C=C/C(=O)c2ccc(OCCSc3nn4c(-c5ccccc5)nnc4s3)cc2)cc1. The summed E-state index contributed by atoms with van der Waals surface area (Å²) in [6.45, 7) is 2.56. The molecule has 174 valence electrons. The third kappa shape index (κ3) is 5.67. The van der Waals surface area contributed by atoms with Crippen LogP contribution < -0.4 is 4.74 Å². The summed E-state index contributed by atoms with van der Waals surface area (Å²) in [5.41, 5.74) is 3.81. The zero-order valence-corrected chi connectivity index (χ0v) is 20.6. The van der Waals surface area contributed by atoms with Gasteiger partial charge in [-0.3, -0.25) is 4.79 Å². The quantitative estimate of drug-likeness (QED) is 0.104. The van der Waals surface area contributed by atoms with E-state index < -0.39 is 0 Å². The topological polar surface area (TPSA) is 69.4 Å². The lowest BCUT2D eigenvalue weighted by Crippen LogP contribution is -2.01. The van der Waals surface area contributed by atoms with Crippen molar-refractivity contribution in [3.63, 3.8) is 0 Å². The Hall–Kier alpha value is -3.75. The zero-order chi connectivity index (χ0) is 24.0. The fraction of sp³-hybridized carbons (Fsp3) is 0.111. The van der Waals surface area contributed by atoms with Gasteiger partial charge in [0.2, 0.25) is 4.96 Å². The van der Waals surface area contributed by atoms with Gasteiger partial charge in [-0.1, -0.05) is 89.3 Å². The van der Waals surface area contributed by atoms with E-state index in [9.17, 15) is 4.79 Å². The molecule has 8 heteroatoms. The van der Waals surface area contributed by atoms with Crippen LogP contribution in [-0.2, 0) is 0 Å². The third-order valence-corrected chi connectivity index (χ3v) is 7.22. The van der Waals surface area contributed by atoms with Crippen LogP contribution in [0.2, 0.25) is 0 Å². The van der Waals surface area contributed by atoms with Crippen LogP contribution >= 0.6 is 23.1 Å². The van der Waals surface area contributed by atoms with Crippen LogP contribution in [0.4, 0.5) is 0 Å². The van der Waals surface area contributed by atoms with Crippen molar-refractivity contribution >= 4 is 39.9 Å². The van der Waals surface area contributed by atoms with Crippen LogP contribution in [0.15, 0.2) is 89.3 Å². The van der Waals surface area contributed by atoms with Crippen LogP contribution in [0.25, 0.3) is 22.4 Å². The second kappa shape index (κ2) is 10.7. The molecule has 5 aromatic rings. The van der Waals surface area contributed by atoms with E-state index in [-0.39, 0.29) is 5.78 Å². The minimum absolute atomic E-state index is 0.0363. The number of thioether (sulfide) groups is 1. The number of ether oxygens (including phenoxy) is 1. The fourth-order valence-corrected chi connectivity index (χ4v) is 5.14. The molecule has 0 atom stereocenters. The number of hydrogen-bond acceptors (Lipinski definition) is 7. The number of aryl methyl sites for hydroxylation is 1. The highest BCUT2D eigenvalue weighted by atomic mass is 32.2. The van der Waals surface area contributed by atoms with Crippen molar-refractivity contribution in [1.82, 2.24) is 19.8 Å². The van der Waals surface area contributed by atoms with Crippen molar-refractivity contribution in [3.8, 4) is 17.1 Å². The molecule has 0 aliphatic heterocycles. The molecule has 0 aliphatic rings. The number of allylic oxidation sites excluding steroid dienone is 1. The first-order valence-corrected chi connectivity index (χ1v) is 12.9. The van der Waals surface area contributed by atoms with E-state index in [4.69, 9.17) is 4.74 Å². The number of carbonyl (C=O) groups is 1. The van der Waals surface area contributed by atoms with E-state index in [1.165, 1.54) is 16.9 Å². The molecule has 35 heavy (non-hydrogen) atoms. The summed E-state index contributed by atoms with van der Waals surface area (Å²) in [5, 5.41) is 13.1. The highest BCUT2D eigenvalue weighted by Gasteiger charge is 2.13. The van der Waals surface area contributed by atoms with Gasteiger partial charge < -0.3 is 4.74 Å². The Morgan fingerprint density at radius 1 is 1.00 bits per heavy atom. The average Bonchev–Trinajstić information content (AvgIpc) is 3.47. The van der Waals surface area contributed by atoms with Crippen LogP contribution in [-0.4, -0.2) is 38.0 Å². The Morgan fingerprint density at radius 2 is 1.77 bits per heavy atom. The molecule has 0 aliphatic carbocycles. The van der Waals surface area contributed by atoms with Gasteiger partial charge in [0.1, 0.15) is 5.75 Å². The predicted molar refractivity (Wildman–Crippen MR) is 141 cm³/mol. The maximum absolute atomic E-state index is 12.4. The van der Waals surface area contributed by atoms with E-state index >= 15 is 0 Å². The number of fused-ring (bicyclic) bond motifs is 1. The molecule has 2 aromatic heterocycles. The first kappa shape index (κ1) is 23.0. The van der Waals surface area contributed by atoms with Crippen LogP contribution in [0.5, 0.6) is 5.75 Å². The molecule has 0 spiro atoms. The molecule has 3 aromatic carbocycles. The number of nitrogens with zero attached hydrogens (tertiary/aromatic N) is 4. The Labute approximate surface area is 211 Å². The van der Waals surface area contributed by atoms with Gasteiger partial charge >= 0.3 is 0 Å². The zero-order valence-electron chi connectivity index (χ0n) is 19.0. The highest BCUT2D eigenvalue weighted by Crippen LogP contribution is 2.27. The van der Waals surface area contributed by atoms with Gasteiger partial charge in [0.25, 0.3) is 0 Å². The molecule has 6 nitrogen and oxygen atoms in total. The van der Waals surface area contributed by atoms with Crippen molar-refractivity contribution in [2.24, 2.45) is 0 Å². The molecule has 0 bridgehead atoms. The minimum Gasteiger partial charge on any atom is -0.493 e. The molecule has 0 unspecified atom stereocenters. The normalized spacial score (nSPS) is 11.3. The van der Waals surface area contributed by atoms with Crippen LogP contribution in [0.3, 0.4) is 0 Å². The van der Waals surface area contributed by atoms with E-state index in [0.29, 0.717) is 12.2 Å². The standard InChI is InChI=1S/C27H22N4O2S2/c1-19-7-9-20(10-8-19)11-16-24(32)21-12-14-23(15-13-21)33-17-18-34-27-30-31-25(28-29-26(31)35-27)22-5-3-2-4-6-22/h2-16H,17-18H2,1H3/b16-11+. The van der Waals surface area contributed by atoms with E-state index in [1.54, 1.807) is 34.5 Å². The summed E-state index contributed by atoms with van der Waals surface area (Å²) in [7, 11) is 0. The Morgan fingerprint density at radius 3 is 2.54 bits per heavy atom. The molecule has 0 radical (unpaired) electrons. The van der Waals surface area contributed by atoms with Crippen molar-refractivity contribution in [2.75, 3.05) is 12.4 Å². The second-order valence-electron chi connectivity index (χ2n) is 7.78. The monoisotopic (exact) mass is 498 g/mol. The maximum Gasteiger partial charge on any atom is 0.235 e. The molecule has 0 N–H and O–H groups in total. The lowest BCUT2D eigenvalue weighted by atomic mass is 10.1. The number of benzene rings is 3. The summed E-state index contributed by atoms with van der Waals surface area (Å²) >= 11 is 3.13. The summed E-state index contributed by atoms with van der Waals surface area (Å²) in [6.07, 6.45) is 3.43. The number of rotatable bonds is 9. The first-order chi connectivity index (χ1) is 17.2. The summed E-state index contributed by atoms with van der Waals surface area (Å²) in [4.78, 5) is 13.2. The Balaban J connectivity index is 1.12. The molecular formula is C27H22N4O2S2. The summed E-state index contributed by atoms with van der Waals surface area (Å²) < 4.78 is 8.54. The first-order valence-electron chi connectivity index (χ1n) is 11.1. The molecule has 2 heterocycles. The summed E-state index contributed by atoms with van der Waals surface area (Å²) in [6, 6.07) is 25.2. The van der Waals surface area contributed by atoms with Gasteiger partial charge in [-0.05, 0) is 42.8 Å². The average molecular weight is 499 g/mol. The van der Waals surface area contributed by atoms with Crippen molar-refractivity contribution < 1.29 is 9.53 Å². The number of carbonyl (C=O) groups excluding carboxylic acids is 1. The van der Waals surface area contributed by atoms with Gasteiger partial charge in [0.05, 0.1) is 6.61 Å². The van der Waals surface area contributed by atoms with Gasteiger partial charge in [0, 0.05) is 16.9 Å². The van der Waals surface area contributed by atoms with E-state index in [1.807, 2.05) is 79.7 Å². The Kier molecular flexibility index (Phi) is 7.02. The van der Waals surface area contributed by atoms with Crippen LogP contribution in [0, 0.1) is 6.92 Å². The molecule has 0 fully saturated rings. The second-order valence-corrected chi connectivity index (χ2v) is 10.1. The largest absolute Gasteiger partial charge is 0.493 e. The van der Waals surface area contributed by atoms with Crippen molar-refractivity contribution in [2.45, 2.75) is 11.3 Å². The number of aromatic nitrogens is 4. The van der Waals surface area contributed by atoms with Gasteiger partial charge in [-0.2, -0.15) is 4.52 Å². The smallest absolute Gasteiger partial charge is 0.235 e. The lowest BCUT2D eigenvalue weighted by molar-refractivity contribution is 0.104. The fourth-order valence-electron chi connectivity index (χ4n) is 3.37. The molecule has 0 saturated heterocycles. The van der Waals surface area contributed by atoms with Crippen LogP contribution in [0.1, 0.15) is 21.5 Å². The van der Waals surface area contributed by atoms with Gasteiger partial charge in [-0.15, -0.1) is 15.3 Å². The van der Waals surface area contributed by atoms with Crippen molar-refractivity contribution in [3.05, 3.63) is 102 Å². The molecule has 0 amide bonds. The third-order valence-electron chi connectivity index (χ3n) is 5.23. The number of ketones is 1. The molecule has 0 saturated carbocycles.